The summed E-state index contributed by atoms with van der Waals surface area (Å²) < 4.78 is 12.4. The van der Waals surface area contributed by atoms with Crippen molar-refractivity contribution in [2.45, 2.75) is 65.5 Å². The van der Waals surface area contributed by atoms with Gasteiger partial charge in [0.15, 0.2) is 5.69 Å². The Bertz CT molecular complexity index is 780. The van der Waals surface area contributed by atoms with Gasteiger partial charge in [-0.15, -0.1) is 0 Å². The lowest BCUT2D eigenvalue weighted by Crippen LogP contribution is -2.42. The van der Waals surface area contributed by atoms with Crippen LogP contribution in [0.15, 0.2) is 9.59 Å². The molecule has 1 atom stereocenters. The number of nitrogens with zero attached hydrogens (tertiary/aromatic N) is 2. The second-order valence-electron chi connectivity index (χ2n) is 7.86. The van der Waals surface area contributed by atoms with E-state index < -0.39 is 11.2 Å². The van der Waals surface area contributed by atoms with E-state index >= 15 is 0 Å². The summed E-state index contributed by atoms with van der Waals surface area (Å²) in [7, 11) is 0. The van der Waals surface area contributed by atoms with E-state index in [1.807, 2.05) is 20.8 Å². The van der Waals surface area contributed by atoms with Gasteiger partial charge in [-0.25, -0.2) is 4.79 Å². The van der Waals surface area contributed by atoms with E-state index in [0.29, 0.717) is 26.1 Å². The molecule has 0 saturated carbocycles. The fourth-order valence-electron chi connectivity index (χ4n) is 3.35. The number of hydrogen-bond acceptors (Lipinski definition) is 6. The molecule has 164 valence electrons. The highest BCUT2D eigenvalue weighted by molar-refractivity contribution is 5.95. The highest BCUT2D eigenvalue weighted by Gasteiger charge is 2.24. The smallest absolute Gasteiger partial charge is 0.330 e. The number of aromatic amines is 1. The molecule has 2 rings (SSSR count). The molecule has 1 unspecified atom stereocenters. The topological polar surface area (TPSA) is 120 Å². The Morgan fingerprint density at radius 3 is 2.79 bits per heavy atom. The molecule has 1 aliphatic rings. The Hall–Kier alpha value is -2.13. The Labute approximate surface area is 171 Å². The number of carbonyl (C=O) groups is 1. The molecule has 1 aliphatic heterocycles. The summed E-state index contributed by atoms with van der Waals surface area (Å²) in [5.41, 5.74) is 5.02. The summed E-state index contributed by atoms with van der Waals surface area (Å²) >= 11 is 0. The zero-order valence-corrected chi connectivity index (χ0v) is 17.7. The van der Waals surface area contributed by atoms with Crippen LogP contribution in [0.5, 0.6) is 0 Å². The summed E-state index contributed by atoms with van der Waals surface area (Å²) in [5, 5.41) is 0. The van der Waals surface area contributed by atoms with Crippen molar-refractivity contribution in [3.63, 3.8) is 0 Å². The number of nitrogens with one attached hydrogen (secondary N) is 1. The number of amides is 1. The van der Waals surface area contributed by atoms with Gasteiger partial charge in [-0.05, 0) is 25.2 Å². The first-order chi connectivity index (χ1) is 13.8. The number of rotatable bonds is 11. The van der Waals surface area contributed by atoms with Crippen LogP contribution in [0.25, 0.3) is 0 Å². The van der Waals surface area contributed by atoms with Crippen LogP contribution in [0.2, 0.25) is 0 Å². The number of anilines is 2. The maximum Gasteiger partial charge on any atom is 0.330 e. The van der Waals surface area contributed by atoms with Crippen molar-refractivity contribution in [1.82, 2.24) is 9.55 Å². The van der Waals surface area contributed by atoms with Crippen LogP contribution >= 0.6 is 0 Å². The maximum atomic E-state index is 12.9. The summed E-state index contributed by atoms with van der Waals surface area (Å²) in [5.74, 6) is -0.0744. The van der Waals surface area contributed by atoms with Gasteiger partial charge < -0.3 is 20.1 Å². The first-order valence-corrected chi connectivity index (χ1v) is 10.5. The van der Waals surface area contributed by atoms with Gasteiger partial charge in [-0.1, -0.05) is 27.2 Å². The fourth-order valence-corrected chi connectivity index (χ4v) is 3.35. The molecule has 9 heteroatoms. The van der Waals surface area contributed by atoms with Gasteiger partial charge in [0.1, 0.15) is 5.82 Å². The predicted octanol–water partition coefficient (Wildman–Crippen LogP) is 1.49. The number of ether oxygens (including phenoxy) is 2. The number of nitrogen functional groups attached to an aromatic ring is 1. The van der Waals surface area contributed by atoms with Crippen LogP contribution in [-0.4, -0.2) is 47.9 Å². The van der Waals surface area contributed by atoms with Gasteiger partial charge in [0, 0.05) is 19.7 Å². The van der Waals surface area contributed by atoms with Crippen LogP contribution in [-0.2, 0) is 20.8 Å². The third kappa shape index (κ3) is 6.43. The molecule has 1 aromatic rings. The molecular formula is C20H34N4O5. The minimum atomic E-state index is -0.641. The van der Waals surface area contributed by atoms with Crippen molar-refractivity contribution >= 4 is 17.4 Å². The molecule has 1 aromatic heterocycles. The van der Waals surface area contributed by atoms with E-state index in [-0.39, 0.29) is 42.5 Å². The average Bonchev–Trinajstić information content (AvgIpc) is 3.18. The van der Waals surface area contributed by atoms with E-state index in [1.165, 1.54) is 9.47 Å². The van der Waals surface area contributed by atoms with Gasteiger partial charge in [-0.2, -0.15) is 0 Å². The second-order valence-corrected chi connectivity index (χ2v) is 7.86. The Morgan fingerprint density at radius 1 is 1.41 bits per heavy atom. The molecule has 1 fully saturated rings. The SMILES string of the molecule is CCCCN(C(=O)CCOCC1CCCO1)c1c(N)n(CC(C)C)c(=O)[nH]c1=O. The molecule has 29 heavy (non-hydrogen) atoms. The lowest BCUT2D eigenvalue weighted by atomic mass is 10.2. The third-order valence-corrected chi connectivity index (χ3v) is 4.86. The number of aromatic nitrogens is 2. The largest absolute Gasteiger partial charge is 0.383 e. The third-order valence-electron chi connectivity index (χ3n) is 4.86. The fraction of sp³-hybridized carbons (Fsp3) is 0.750. The minimum absolute atomic E-state index is 0.0252. The molecule has 0 aromatic carbocycles. The standard InChI is InChI=1S/C20H34N4O5/c1-4-5-9-23(16(25)8-11-28-13-15-7-6-10-29-15)17-18(21)24(12-14(2)3)20(27)22-19(17)26/h14-15H,4-13,21H2,1-3H3,(H,22,26,27). The predicted molar refractivity (Wildman–Crippen MR) is 112 cm³/mol. The van der Waals surface area contributed by atoms with Gasteiger partial charge >= 0.3 is 5.69 Å². The highest BCUT2D eigenvalue weighted by Crippen LogP contribution is 2.19. The van der Waals surface area contributed by atoms with E-state index in [9.17, 15) is 14.4 Å². The molecule has 2 heterocycles. The molecule has 0 radical (unpaired) electrons. The summed E-state index contributed by atoms with van der Waals surface area (Å²) in [6.45, 7) is 8.06. The quantitative estimate of drug-likeness (QED) is 0.534. The molecule has 3 N–H and O–H groups in total. The number of unbranched alkanes of at least 4 members (excludes halogenated alkanes) is 1. The van der Waals surface area contributed by atoms with Crippen LogP contribution in [0, 0.1) is 5.92 Å². The average molecular weight is 411 g/mol. The number of hydrogen-bond donors (Lipinski definition) is 2. The Balaban J connectivity index is 2.16. The maximum absolute atomic E-state index is 12.9. The normalized spacial score (nSPS) is 16.5. The van der Waals surface area contributed by atoms with Crippen molar-refractivity contribution in [1.29, 1.82) is 0 Å². The van der Waals surface area contributed by atoms with E-state index in [1.54, 1.807) is 0 Å². The molecule has 1 amide bonds. The first kappa shape index (κ1) is 23.2. The molecule has 0 bridgehead atoms. The number of nitrogens with two attached hydrogens (primary N) is 1. The summed E-state index contributed by atoms with van der Waals surface area (Å²) in [6.07, 6.45) is 3.79. The van der Waals surface area contributed by atoms with Crippen molar-refractivity contribution < 1.29 is 14.3 Å². The van der Waals surface area contributed by atoms with Crippen molar-refractivity contribution in [3.05, 3.63) is 20.8 Å². The van der Waals surface area contributed by atoms with Crippen molar-refractivity contribution in [2.24, 2.45) is 5.92 Å². The van der Waals surface area contributed by atoms with Gasteiger partial charge in [0.25, 0.3) is 5.56 Å². The Kier molecular flexibility index (Phi) is 8.91. The van der Waals surface area contributed by atoms with E-state index in [4.69, 9.17) is 15.2 Å². The summed E-state index contributed by atoms with van der Waals surface area (Å²) in [4.78, 5) is 41.3. The van der Waals surface area contributed by atoms with Crippen LogP contribution in [0.4, 0.5) is 11.5 Å². The number of carbonyl (C=O) groups excluding carboxylic acids is 1. The molecule has 1 saturated heterocycles. The zero-order chi connectivity index (χ0) is 21.4. The Morgan fingerprint density at radius 2 is 2.17 bits per heavy atom. The molecule has 9 nitrogen and oxygen atoms in total. The van der Waals surface area contributed by atoms with E-state index in [0.717, 1.165) is 25.9 Å². The lowest BCUT2D eigenvalue weighted by Gasteiger charge is -2.25. The van der Waals surface area contributed by atoms with Gasteiger partial charge in [-0.3, -0.25) is 19.1 Å². The first-order valence-electron chi connectivity index (χ1n) is 10.5. The number of H-pyrrole nitrogens is 1. The van der Waals surface area contributed by atoms with Crippen LogP contribution in [0.3, 0.4) is 0 Å². The zero-order valence-electron chi connectivity index (χ0n) is 17.7. The monoisotopic (exact) mass is 410 g/mol. The second kappa shape index (κ2) is 11.2. The van der Waals surface area contributed by atoms with Crippen LogP contribution in [0.1, 0.15) is 52.9 Å². The molecule has 0 spiro atoms. The minimum Gasteiger partial charge on any atom is -0.383 e. The molecule has 0 aliphatic carbocycles. The van der Waals surface area contributed by atoms with E-state index in [2.05, 4.69) is 4.98 Å². The summed E-state index contributed by atoms with van der Waals surface area (Å²) in [6, 6.07) is 0. The van der Waals surface area contributed by atoms with Crippen molar-refractivity contribution in [3.8, 4) is 0 Å². The molecular weight excluding hydrogens is 376 g/mol. The lowest BCUT2D eigenvalue weighted by molar-refractivity contribution is -0.120. The van der Waals surface area contributed by atoms with Gasteiger partial charge in [0.05, 0.1) is 25.7 Å². The van der Waals surface area contributed by atoms with Gasteiger partial charge in [0.2, 0.25) is 5.91 Å². The highest BCUT2D eigenvalue weighted by atomic mass is 16.5. The van der Waals surface area contributed by atoms with Crippen LogP contribution < -0.4 is 21.9 Å². The van der Waals surface area contributed by atoms with Crippen molar-refractivity contribution in [2.75, 3.05) is 37.0 Å².